The number of hydrogen-bond acceptors (Lipinski definition) is 1. The molecule has 2 rings (SSSR count). The molecule has 3 heteroatoms. The van der Waals surface area contributed by atoms with E-state index in [0.29, 0.717) is 0 Å². The Bertz CT molecular complexity index is 508. The van der Waals surface area contributed by atoms with Crippen LogP contribution in [0, 0.1) is 6.92 Å². The molecule has 0 saturated heterocycles. The van der Waals surface area contributed by atoms with Crippen molar-refractivity contribution in [3.05, 3.63) is 63.1 Å². The minimum atomic E-state index is 0.770. The lowest BCUT2D eigenvalue weighted by Crippen LogP contribution is -1.99. The van der Waals surface area contributed by atoms with Crippen molar-refractivity contribution >= 4 is 33.2 Å². The maximum atomic E-state index is 5.84. The molecule has 0 spiro atoms. The molecule has 0 amide bonds. The van der Waals surface area contributed by atoms with Gasteiger partial charge < -0.3 is 5.32 Å². The second kappa shape index (κ2) is 5.56. The number of aryl methyl sites for hydroxylation is 1. The summed E-state index contributed by atoms with van der Waals surface area (Å²) in [6.45, 7) is 2.87. The molecule has 88 valence electrons. The Morgan fingerprint density at radius 1 is 1.12 bits per heavy atom. The third-order valence-corrected chi connectivity index (χ3v) is 3.69. The Labute approximate surface area is 115 Å². The average Bonchev–Trinajstić information content (AvgIpc) is 2.33. The van der Waals surface area contributed by atoms with Crippen LogP contribution in [0.15, 0.2) is 46.9 Å². The van der Waals surface area contributed by atoms with Crippen molar-refractivity contribution in [3.8, 4) is 0 Å². The quantitative estimate of drug-likeness (QED) is 0.839. The van der Waals surface area contributed by atoms with Gasteiger partial charge in [-0.25, -0.2) is 0 Å². The lowest BCUT2D eigenvalue weighted by Gasteiger charge is -2.08. The average molecular weight is 311 g/mol. The second-order valence-corrected chi connectivity index (χ2v) is 5.23. The Morgan fingerprint density at radius 2 is 1.82 bits per heavy atom. The summed E-state index contributed by atoms with van der Waals surface area (Å²) in [5, 5.41) is 4.15. The summed E-state index contributed by atoms with van der Waals surface area (Å²) in [5.74, 6) is 0. The summed E-state index contributed by atoms with van der Waals surface area (Å²) in [5.41, 5.74) is 3.56. The molecule has 0 bridgehead atoms. The van der Waals surface area contributed by atoms with Gasteiger partial charge in [0.05, 0.1) is 0 Å². The van der Waals surface area contributed by atoms with Gasteiger partial charge in [0.25, 0.3) is 0 Å². The van der Waals surface area contributed by atoms with Crippen molar-refractivity contribution in [1.29, 1.82) is 0 Å². The van der Waals surface area contributed by atoms with Gasteiger partial charge >= 0.3 is 0 Å². The molecule has 1 N–H and O–H groups in total. The summed E-state index contributed by atoms with van der Waals surface area (Å²) in [4.78, 5) is 0. The largest absolute Gasteiger partial charge is 0.381 e. The van der Waals surface area contributed by atoms with Gasteiger partial charge in [0, 0.05) is 21.7 Å². The van der Waals surface area contributed by atoms with Crippen molar-refractivity contribution < 1.29 is 0 Å². The molecule has 0 radical (unpaired) electrons. The van der Waals surface area contributed by atoms with Crippen LogP contribution in [0.2, 0.25) is 5.02 Å². The van der Waals surface area contributed by atoms with Crippen LogP contribution in [0.5, 0.6) is 0 Å². The molecule has 0 aromatic heterocycles. The van der Waals surface area contributed by atoms with Crippen LogP contribution in [-0.2, 0) is 6.54 Å². The molecule has 0 unspecified atom stereocenters. The maximum Gasteiger partial charge on any atom is 0.0406 e. The predicted molar refractivity (Wildman–Crippen MR) is 77.7 cm³/mol. The van der Waals surface area contributed by atoms with Crippen LogP contribution in [-0.4, -0.2) is 0 Å². The molecular formula is C14H13BrClN. The first-order chi connectivity index (χ1) is 8.15. The van der Waals surface area contributed by atoms with E-state index in [0.717, 1.165) is 21.7 Å². The predicted octanol–water partition coefficient (Wildman–Crippen LogP) is 5.02. The van der Waals surface area contributed by atoms with E-state index < -0.39 is 0 Å². The molecule has 2 aromatic carbocycles. The highest BCUT2D eigenvalue weighted by Crippen LogP contribution is 2.21. The van der Waals surface area contributed by atoms with E-state index in [1.165, 1.54) is 11.1 Å². The van der Waals surface area contributed by atoms with Crippen molar-refractivity contribution in [2.45, 2.75) is 13.5 Å². The number of nitrogens with one attached hydrogen (secondary N) is 1. The van der Waals surface area contributed by atoms with Crippen LogP contribution < -0.4 is 5.32 Å². The van der Waals surface area contributed by atoms with E-state index in [-0.39, 0.29) is 0 Å². The highest BCUT2D eigenvalue weighted by molar-refractivity contribution is 9.10. The second-order valence-electron chi connectivity index (χ2n) is 3.94. The number of rotatable bonds is 3. The number of hydrogen-bond donors (Lipinski definition) is 1. The number of anilines is 1. The van der Waals surface area contributed by atoms with Gasteiger partial charge in [-0.1, -0.05) is 45.7 Å². The third-order valence-electron chi connectivity index (χ3n) is 2.58. The smallest absolute Gasteiger partial charge is 0.0406 e. The van der Waals surface area contributed by atoms with E-state index in [9.17, 15) is 0 Å². The molecule has 2 aromatic rings. The lowest BCUT2D eigenvalue weighted by atomic mass is 10.2. The van der Waals surface area contributed by atoms with Crippen LogP contribution in [0.4, 0.5) is 5.69 Å². The fourth-order valence-electron chi connectivity index (χ4n) is 1.51. The van der Waals surface area contributed by atoms with Gasteiger partial charge in [-0.15, -0.1) is 0 Å². The van der Waals surface area contributed by atoms with E-state index in [1.54, 1.807) is 0 Å². The molecule has 17 heavy (non-hydrogen) atoms. The fourth-order valence-corrected chi connectivity index (χ4v) is 2.01. The van der Waals surface area contributed by atoms with E-state index >= 15 is 0 Å². The first-order valence-corrected chi connectivity index (χ1v) is 6.57. The minimum absolute atomic E-state index is 0.770. The molecule has 0 fully saturated rings. The standard InChI is InChI=1S/C14H13BrClN/c1-10-2-7-13(8-14(10)15)17-9-11-3-5-12(16)6-4-11/h2-8,17H,9H2,1H3. The summed E-state index contributed by atoms with van der Waals surface area (Å²) in [6, 6.07) is 14.1. The molecule has 0 aliphatic heterocycles. The monoisotopic (exact) mass is 309 g/mol. The maximum absolute atomic E-state index is 5.84. The van der Waals surface area contributed by atoms with Crippen LogP contribution in [0.25, 0.3) is 0 Å². The van der Waals surface area contributed by atoms with Crippen LogP contribution >= 0.6 is 27.5 Å². The van der Waals surface area contributed by atoms with Crippen molar-refractivity contribution in [2.24, 2.45) is 0 Å². The first kappa shape index (κ1) is 12.5. The minimum Gasteiger partial charge on any atom is -0.381 e. The van der Waals surface area contributed by atoms with Gasteiger partial charge in [0.1, 0.15) is 0 Å². The van der Waals surface area contributed by atoms with Gasteiger partial charge in [0.2, 0.25) is 0 Å². The fraction of sp³-hybridized carbons (Fsp3) is 0.143. The molecule has 0 aliphatic carbocycles. The van der Waals surface area contributed by atoms with Crippen molar-refractivity contribution in [3.63, 3.8) is 0 Å². The Balaban J connectivity index is 2.02. The first-order valence-electron chi connectivity index (χ1n) is 5.39. The number of halogens is 2. The van der Waals surface area contributed by atoms with Gasteiger partial charge in [-0.05, 0) is 42.3 Å². The number of benzene rings is 2. The molecule has 0 aliphatic rings. The summed E-state index contributed by atoms with van der Waals surface area (Å²) in [6.07, 6.45) is 0. The molecule has 0 atom stereocenters. The van der Waals surface area contributed by atoms with Crippen molar-refractivity contribution in [1.82, 2.24) is 0 Å². The van der Waals surface area contributed by atoms with Crippen molar-refractivity contribution in [2.75, 3.05) is 5.32 Å². The van der Waals surface area contributed by atoms with Gasteiger partial charge in [-0.2, -0.15) is 0 Å². The third kappa shape index (κ3) is 3.48. The molecule has 0 heterocycles. The molecule has 0 saturated carbocycles. The Hall–Kier alpha value is -0.990. The SMILES string of the molecule is Cc1ccc(NCc2ccc(Cl)cc2)cc1Br. The van der Waals surface area contributed by atoms with E-state index in [1.807, 2.05) is 24.3 Å². The van der Waals surface area contributed by atoms with Gasteiger partial charge in [0.15, 0.2) is 0 Å². The zero-order chi connectivity index (χ0) is 12.3. The zero-order valence-electron chi connectivity index (χ0n) is 9.50. The van der Waals surface area contributed by atoms with Crippen LogP contribution in [0.1, 0.15) is 11.1 Å². The summed E-state index contributed by atoms with van der Waals surface area (Å²) >= 11 is 9.36. The lowest BCUT2D eigenvalue weighted by molar-refractivity contribution is 1.15. The normalized spacial score (nSPS) is 10.3. The summed E-state index contributed by atoms with van der Waals surface area (Å²) < 4.78 is 1.12. The highest BCUT2D eigenvalue weighted by Gasteiger charge is 1.98. The van der Waals surface area contributed by atoms with Gasteiger partial charge in [-0.3, -0.25) is 0 Å². The molecular weight excluding hydrogens is 298 g/mol. The van der Waals surface area contributed by atoms with E-state index in [4.69, 9.17) is 11.6 Å². The van der Waals surface area contributed by atoms with E-state index in [2.05, 4.69) is 46.4 Å². The molecule has 1 nitrogen and oxygen atoms in total. The Kier molecular flexibility index (Phi) is 4.08. The summed E-state index contributed by atoms with van der Waals surface area (Å²) in [7, 11) is 0. The Morgan fingerprint density at radius 3 is 2.47 bits per heavy atom. The van der Waals surface area contributed by atoms with Crippen LogP contribution in [0.3, 0.4) is 0 Å². The zero-order valence-corrected chi connectivity index (χ0v) is 11.8. The topological polar surface area (TPSA) is 12.0 Å². The highest BCUT2D eigenvalue weighted by atomic mass is 79.9.